The Hall–Kier alpha value is -8.14. The Morgan fingerprint density at radius 2 is 0.891 bits per heavy atom. The van der Waals surface area contributed by atoms with Crippen LogP contribution < -0.4 is 4.74 Å². The SMILES string of the molecule is Cc1ccccc1-c1ccccc1C(C)c1cc(-c2ccc(-c3cccc(-c4cc(-c5ccccc5)nc(-c5ccccc5)n4)c3-c3ccccc3)cc2)ccc1Oc1ccccc1. The summed E-state index contributed by atoms with van der Waals surface area (Å²) in [7, 11) is 0. The number of para-hydroxylation sites is 1. The Bertz CT molecular complexity index is 3120. The van der Waals surface area contributed by atoms with E-state index < -0.39 is 0 Å². The molecule has 0 bridgehead atoms. The third kappa shape index (κ3) is 8.27. The first kappa shape index (κ1) is 40.0. The van der Waals surface area contributed by atoms with E-state index in [9.17, 15) is 0 Å². The molecule has 0 saturated heterocycles. The van der Waals surface area contributed by atoms with Gasteiger partial charge in [-0.2, -0.15) is 0 Å². The Morgan fingerprint density at radius 3 is 1.59 bits per heavy atom. The lowest BCUT2D eigenvalue weighted by molar-refractivity contribution is 0.474. The molecule has 1 unspecified atom stereocenters. The van der Waals surface area contributed by atoms with E-state index in [2.05, 4.69) is 196 Å². The lowest BCUT2D eigenvalue weighted by Gasteiger charge is -2.22. The van der Waals surface area contributed by atoms with Crippen LogP contribution in [-0.4, -0.2) is 9.97 Å². The normalized spacial score (nSPS) is 11.5. The van der Waals surface area contributed by atoms with Crippen molar-refractivity contribution < 1.29 is 4.74 Å². The highest BCUT2D eigenvalue weighted by Gasteiger charge is 2.21. The summed E-state index contributed by atoms with van der Waals surface area (Å²) in [5.41, 5.74) is 17.7. The van der Waals surface area contributed by atoms with Crippen LogP contribution in [0.15, 0.2) is 237 Å². The van der Waals surface area contributed by atoms with Crippen LogP contribution in [0.5, 0.6) is 11.5 Å². The van der Waals surface area contributed by atoms with Gasteiger partial charge in [-0.15, -0.1) is 0 Å². The first-order valence-corrected chi connectivity index (χ1v) is 21.9. The molecule has 1 aromatic heterocycles. The predicted molar refractivity (Wildman–Crippen MR) is 265 cm³/mol. The van der Waals surface area contributed by atoms with E-state index in [0.29, 0.717) is 5.82 Å². The largest absolute Gasteiger partial charge is 0.457 e. The van der Waals surface area contributed by atoms with Crippen molar-refractivity contribution in [2.45, 2.75) is 19.8 Å². The number of hydrogen-bond acceptors (Lipinski definition) is 3. The third-order valence-corrected chi connectivity index (χ3v) is 12.1. The Labute approximate surface area is 376 Å². The van der Waals surface area contributed by atoms with E-state index in [1.165, 1.54) is 22.3 Å². The molecule has 0 amide bonds. The Balaban J connectivity index is 1.07. The quantitative estimate of drug-likeness (QED) is 0.130. The predicted octanol–water partition coefficient (Wildman–Crippen LogP) is 16.4. The molecule has 0 aliphatic carbocycles. The maximum Gasteiger partial charge on any atom is 0.160 e. The van der Waals surface area contributed by atoms with Gasteiger partial charge >= 0.3 is 0 Å². The molecule has 9 aromatic carbocycles. The van der Waals surface area contributed by atoms with Crippen molar-refractivity contribution in [1.29, 1.82) is 0 Å². The van der Waals surface area contributed by atoms with E-state index in [4.69, 9.17) is 14.7 Å². The summed E-state index contributed by atoms with van der Waals surface area (Å²) in [5, 5.41) is 0. The average Bonchev–Trinajstić information content (AvgIpc) is 3.37. The average molecular weight is 823 g/mol. The monoisotopic (exact) mass is 822 g/mol. The third-order valence-electron chi connectivity index (χ3n) is 12.1. The van der Waals surface area contributed by atoms with Crippen LogP contribution in [0.4, 0.5) is 0 Å². The fourth-order valence-corrected chi connectivity index (χ4v) is 8.76. The fraction of sp³-hybridized carbons (Fsp3) is 0.0492. The molecule has 3 heteroatoms. The molecular weight excluding hydrogens is 777 g/mol. The summed E-state index contributed by atoms with van der Waals surface area (Å²) in [4.78, 5) is 10.3. The van der Waals surface area contributed by atoms with Crippen molar-refractivity contribution in [1.82, 2.24) is 9.97 Å². The van der Waals surface area contributed by atoms with Gasteiger partial charge in [-0.05, 0) is 92.9 Å². The summed E-state index contributed by atoms with van der Waals surface area (Å²) >= 11 is 0. The highest BCUT2D eigenvalue weighted by atomic mass is 16.5. The molecule has 0 saturated carbocycles. The van der Waals surface area contributed by atoms with Crippen molar-refractivity contribution in [2.24, 2.45) is 0 Å². The molecule has 64 heavy (non-hydrogen) atoms. The van der Waals surface area contributed by atoms with E-state index in [1.807, 2.05) is 54.6 Å². The number of nitrogens with zero attached hydrogens (tertiary/aromatic N) is 2. The standard InChI is InChI=1S/C61H46N2O/c1-42-20-15-16-29-51(42)54-31-18-17-30-52(54)43(2)56-40-49(38-39-59(56)64-50-27-13-6-14-28-50)44-34-36-45(37-35-44)53-32-19-33-55(60(53)47-23-9-4-10-24-47)58-41-57(46-21-7-3-8-22-46)62-61(63-58)48-25-11-5-12-26-48/h3-41,43H,1-2H3. The minimum Gasteiger partial charge on any atom is -0.457 e. The first-order valence-electron chi connectivity index (χ1n) is 21.9. The van der Waals surface area contributed by atoms with Gasteiger partial charge in [0.15, 0.2) is 5.82 Å². The van der Waals surface area contributed by atoms with Crippen molar-refractivity contribution in [2.75, 3.05) is 0 Å². The zero-order valence-electron chi connectivity index (χ0n) is 35.9. The van der Waals surface area contributed by atoms with Gasteiger partial charge in [-0.25, -0.2) is 9.97 Å². The maximum absolute atomic E-state index is 6.65. The summed E-state index contributed by atoms with van der Waals surface area (Å²) in [6.45, 7) is 4.47. The van der Waals surface area contributed by atoms with Crippen LogP contribution in [0.1, 0.15) is 29.5 Å². The molecule has 0 radical (unpaired) electrons. The molecule has 0 aliphatic heterocycles. The Kier molecular flexibility index (Phi) is 11.3. The van der Waals surface area contributed by atoms with Gasteiger partial charge in [0.1, 0.15) is 11.5 Å². The fourth-order valence-electron chi connectivity index (χ4n) is 8.76. The van der Waals surface area contributed by atoms with E-state index in [1.54, 1.807) is 0 Å². The van der Waals surface area contributed by atoms with Gasteiger partial charge in [-0.1, -0.05) is 213 Å². The second-order valence-corrected chi connectivity index (χ2v) is 16.2. The van der Waals surface area contributed by atoms with Gasteiger partial charge in [0, 0.05) is 28.2 Å². The topological polar surface area (TPSA) is 35.0 Å². The summed E-state index contributed by atoms with van der Waals surface area (Å²) in [6.07, 6.45) is 0. The Morgan fingerprint density at radius 1 is 0.359 bits per heavy atom. The van der Waals surface area contributed by atoms with Crippen LogP contribution in [0.2, 0.25) is 0 Å². The lowest BCUT2D eigenvalue weighted by atomic mass is 9.84. The number of aryl methyl sites for hydroxylation is 1. The molecule has 0 N–H and O–H groups in total. The summed E-state index contributed by atoms with van der Waals surface area (Å²) in [6, 6.07) is 83.0. The molecule has 306 valence electrons. The lowest BCUT2D eigenvalue weighted by Crippen LogP contribution is -2.02. The molecule has 10 rings (SSSR count). The van der Waals surface area contributed by atoms with E-state index in [0.717, 1.165) is 78.5 Å². The number of ether oxygens (including phenoxy) is 1. The number of rotatable bonds is 11. The highest BCUT2D eigenvalue weighted by Crippen LogP contribution is 2.43. The minimum atomic E-state index is 0.0384. The minimum absolute atomic E-state index is 0.0384. The molecule has 3 nitrogen and oxygen atoms in total. The number of benzene rings is 9. The van der Waals surface area contributed by atoms with Crippen molar-refractivity contribution >= 4 is 0 Å². The zero-order chi connectivity index (χ0) is 43.2. The van der Waals surface area contributed by atoms with Crippen LogP contribution in [0.3, 0.4) is 0 Å². The van der Waals surface area contributed by atoms with E-state index in [-0.39, 0.29) is 5.92 Å². The van der Waals surface area contributed by atoms with Gasteiger partial charge in [0.05, 0.1) is 11.4 Å². The van der Waals surface area contributed by atoms with Crippen molar-refractivity contribution in [3.05, 3.63) is 253 Å². The molecule has 0 spiro atoms. The van der Waals surface area contributed by atoms with Gasteiger partial charge < -0.3 is 4.74 Å². The summed E-state index contributed by atoms with van der Waals surface area (Å²) < 4.78 is 6.65. The van der Waals surface area contributed by atoms with Crippen molar-refractivity contribution in [3.8, 4) is 89.9 Å². The zero-order valence-corrected chi connectivity index (χ0v) is 35.9. The molecule has 0 fully saturated rings. The van der Waals surface area contributed by atoms with Gasteiger partial charge in [-0.3, -0.25) is 0 Å². The maximum atomic E-state index is 6.65. The first-order chi connectivity index (χ1) is 31.6. The van der Waals surface area contributed by atoms with Crippen molar-refractivity contribution in [3.63, 3.8) is 0 Å². The number of hydrogen-bond donors (Lipinski definition) is 0. The second-order valence-electron chi connectivity index (χ2n) is 16.2. The molecular formula is C61H46N2O. The van der Waals surface area contributed by atoms with Crippen LogP contribution in [0.25, 0.3) is 78.4 Å². The van der Waals surface area contributed by atoms with Crippen LogP contribution in [-0.2, 0) is 0 Å². The second kappa shape index (κ2) is 18.1. The van der Waals surface area contributed by atoms with Crippen LogP contribution in [0, 0.1) is 6.92 Å². The van der Waals surface area contributed by atoms with Gasteiger partial charge in [0.2, 0.25) is 0 Å². The molecule has 1 atom stereocenters. The molecule has 10 aromatic rings. The van der Waals surface area contributed by atoms with Gasteiger partial charge in [0.25, 0.3) is 0 Å². The molecule has 0 aliphatic rings. The van der Waals surface area contributed by atoms with Crippen LogP contribution >= 0.6 is 0 Å². The highest BCUT2D eigenvalue weighted by molar-refractivity contribution is 5.95. The summed E-state index contributed by atoms with van der Waals surface area (Å²) in [5.74, 6) is 2.39. The van der Waals surface area contributed by atoms with E-state index >= 15 is 0 Å². The number of aromatic nitrogens is 2. The smallest absolute Gasteiger partial charge is 0.160 e. The molecule has 1 heterocycles.